The number of fused-ring (bicyclic) bond motifs is 1. The second-order valence-corrected chi connectivity index (χ2v) is 8.39. The van der Waals surface area contributed by atoms with Gasteiger partial charge in [-0.25, -0.2) is 0 Å². The minimum atomic E-state index is 0.406. The monoisotopic (exact) mass is 360 g/mol. The van der Waals surface area contributed by atoms with Gasteiger partial charge in [-0.2, -0.15) is 0 Å². The van der Waals surface area contributed by atoms with Crippen LogP contribution in [0.3, 0.4) is 0 Å². The van der Waals surface area contributed by atoms with E-state index in [1.165, 1.54) is 59.9 Å². The first kappa shape index (κ1) is 20.0. The Morgan fingerprint density at radius 1 is 1.15 bits per heavy atom. The zero-order valence-corrected chi connectivity index (χ0v) is 17.2. The number of allylic oxidation sites excluding steroid dienone is 3. The Bertz CT molecular complexity index is 696. The summed E-state index contributed by atoms with van der Waals surface area (Å²) in [6.45, 7) is 15.0. The first-order chi connectivity index (χ1) is 13.1. The van der Waals surface area contributed by atoms with Crippen LogP contribution in [0.4, 0.5) is 0 Å². The molecule has 143 valence electrons. The zero-order valence-electron chi connectivity index (χ0n) is 17.2. The molecule has 2 aliphatic rings. The fraction of sp³-hybridized carbons (Fsp3) is 0.520. The van der Waals surface area contributed by atoms with Crippen LogP contribution < -0.4 is 5.32 Å². The fourth-order valence-corrected chi connectivity index (χ4v) is 4.65. The highest BCUT2D eigenvalue weighted by Gasteiger charge is 2.22. The maximum atomic E-state index is 4.43. The van der Waals surface area contributed by atoms with Crippen LogP contribution in [0, 0.1) is 5.92 Å². The number of hydrogen-bond acceptors (Lipinski definition) is 1. The summed E-state index contributed by atoms with van der Waals surface area (Å²) in [5.41, 5.74) is 8.23. The lowest BCUT2D eigenvalue weighted by Gasteiger charge is -2.28. The van der Waals surface area contributed by atoms with Crippen LogP contribution >= 0.6 is 0 Å². The Balaban J connectivity index is 1.56. The number of rotatable bonds is 9. The van der Waals surface area contributed by atoms with Crippen molar-refractivity contribution < 1.29 is 0 Å². The lowest BCUT2D eigenvalue weighted by Crippen LogP contribution is -2.40. The predicted octanol–water partition coefficient (Wildman–Crippen LogP) is 6.22. The van der Waals surface area contributed by atoms with E-state index in [-0.39, 0.29) is 0 Å². The molecule has 1 atom stereocenters. The van der Waals surface area contributed by atoms with E-state index in [4.69, 9.17) is 0 Å². The van der Waals surface area contributed by atoms with Crippen molar-refractivity contribution in [2.24, 2.45) is 5.92 Å². The maximum absolute atomic E-state index is 4.43. The SMILES string of the molecule is C=C(CC)NC1[B]Cc2c(cccc2C(=C)CCCC(=C)C2CCCC2)C1. The zero-order chi connectivity index (χ0) is 19.2. The molecule has 0 bridgehead atoms. The van der Waals surface area contributed by atoms with Crippen molar-refractivity contribution in [2.75, 3.05) is 0 Å². The van der Waals surface area contributed by atoms with Crippen LogP contribution in [-0.4, -0.2) is 13.2 Å². The summed E-state index contributed by atoms with van der Waals surface area (Å²) < 4.78 is 0. The van der Waals surface area contributed by atoms with E-state index in [1.807, 2.05) is 0 Å². The van der Waals surface area contributed by atoms with E-state index in [0.29, 0.717) is 5.94 Å². The first-order valence-corrected chi connectivity index (χ1v) is 10.8. The molecule has 0 spiro atoms. The average Bonchev–Trinajstić information content (AvgIpc) is 3.22. The van der Waals surface area contributed by atoms with Gasteiger partial charge in [0.25, 0.3) is 0 Å². The third kappa shape index (κ3) is 5.18. The van der Waals surface area contributed by atoms with Crippen LogP contribution in [0.25, 0.3) is 5.57 Å². The molecule has 1 radical (unpaired) electrons. The third-order valence-electron chi connectivity index (χ3n) is 6.43. The predicted molar refractivity (Wildman–Crippen MR) is 120 cm³/mol. The van der Waals surface area contributed by atoms with E-state index >= 15 is 0 Å². The summed E-state index contributed by atoms with van der Waals surface area (Å²) in [7, 11) is 2.40. The van der Waals surface area contributed by atoms with Gasteiger partial charge >= 0.3 is 0 Å². The molecule has 3 rings (SSSR count). The Kier molecular flexibility index (Phi) is 7.04. The smallest absolute Gasteiger partial charge is 0.146 e. The van der Waals surface area contributed by atoms with Crippen molar-refractivity contribution in [1.29, 1.82) is 0 Å². The number of hydrogen-bond donors (Lipinski definition) is 1. The Hall–Kier alpha value is -1.70. The molecule has 1 aromatic carbocycles. The lowest BCUT2D eigenvalue weighted by molar-refractivity contribution is 0.604. The van der Waals surface area contributed by atoms with Gasteiger partial charge in [0.05, 0.1) is 0 Å². The van der Waals surface area contributed by atoms with Crippen molar-refractivity contribution in [3.05, 3.63) is 65.9 Å². The highest BCUT2D eigenvalue weighted by Crippen LogP contribution is 2.34. The van der Waals surface area contributed by atoms with Gasteiger partial charge in [0.1, 0.15) is 7.28 Å². The molecular weight excluding hydrogens is 325 g/mol. The molecule has 2 heteroatoms. The molecule has 1 unspecified atom stereocenters. The van der Waals surface area contributed by atoms with E-state index < -0.39 is 0 Å². The molecule has 27 heavy (non-hydrogen) atoms. The molecule has 0 aromatic heterocycles. The third-order valence-corrected chi connectivity index (χ3v) is 6.43. The van der Waals surface area contributed by atoms with Gasteiger partial charge in [0.2, 0.25) is 0 Å². The minimum absolute atomic E-state index is 0.406. The summed E-state index contributed by atoms with van der Waals surface area (Å²) in [6, 6.07) is 6.75. The van der Waals surface area contributed by atoms with Crippen LogP contribution in [0.15, 0.2) is 49.2 Å². The van der Waals surface area contributed by atoms with Crippen LogP contribution in [-0.2, 0) is 12.7 Å². The average molecular weight is 360 g/mol. The second-order valence-electron chi connectivity index (χ2n) is 8.39. The maximum Gasteiger partial charge on any atom is 0.146 e. The second kappa shape index (κ2) is 9.49. The number of nitrogens with one attached hydrogen (secondary N) is 1. The van der Waals surface area contributed by atoms with Gasteiger partial charge < -0.3 is 5.32 Å². The minimum Gasteiger partial charge on any atom is -0.394 e. The molecule has 1 nitrogen and oxygen atoms in total. The Morgan fingerprint density at radius 3 is 2.67 bits per heavy atom. The molecule has 1 saturated carbocycles. The van der Waals surface area contributed by atoms with Crippen molar-refractivity contribution in [3.8, 4) is 0 Å². The van der Waals surface area contributed by atoms with Crippen LogP contribution in [0.1, 0.15) is 75.0 Å². The summed E-state index contributed by atoms with van der Waals surface area (Å²) >= 11 is 0. The van der Waals surface area contributed by atoms with Crippen LogP contribution in [0.2, 0.25) is 0 Å². The number of benzene rings is 1. The van der Waals surface area contributed by atoms with Gasteiger partial charge in [0, 0.05) is 5.70 Å². The lowest BCUT2D eigenvalue weighted by atomic mass is 9.57. The Labute approximate surface area is 167 Å². The largest absolute Gasteiger partial charge is 0.394 e. The quantitative estimate of drug-likeness (QED) is 0.407. The molecule has 1 aliphatic heterocycles. The highest BCUT2D eigenvalue weighted by molar-refractivity contribution is 6.38. The molecule has 1 heterocycles. The Morgan fingerprint density at radius 2 is 1.93 bits per heavy atom. The summed E-state index contributed by atoms with van der Waals surface area (Å²) in [5, 5.41) is 3.55. The van der Waals surface area contributed by atoms with Gasteiger partial charge in [-0.3, -0.25) is 0 Å². The van der Waals surface area contributed by atoms with Gasteiger partial charge in [-0.15, -0.1) is 0 Å². The molecule has 1 fully saturated rings. The summed E-state index contributed by atoms with van der Waals surface area (Å²) in [6.07, 6.45) is 12.0. The van der Waals surface area contributed by atoms with Gasteiger partial charge in [-0.1, -0.05) is 69.6 Å². The standard InChI is InChI=1S/C25H35BN/c1-5-20(4)27-25-16-22-14-9-15-23(24(22)17-26-25)19(3)11-8-10-18(2)21-12-6-7-13-21/h9,14-15,21,25,27H,2-8,10-13,16-17H2,1H3. The topological polar surface area (TPSA) is 12.0 Å². The van der Waals surface area contributed by atoms with Gasteiger partial charge in [-0.05, 0) is 79.1 Å². The molecule has 1 N–H and O–H groups in total. The van der Waals surface area contributed by atoms with Crippen molar-refractivity contribution in [2.45, 2.75) is 77.0 Å². The summed E-state index contributed by atoms with van der Waals surface area (Å²) in [4.78, 5) is 0. The highest BCUT2D eigenvalue weighted by atomic mass is 14.9. The van der Waals surface area contributed by atoms with E-state index in [1.54, 1.807) is 0 Å². The molecule has 0 amide bonds. The van der Waals surface area contributed by atoms with Crippen molar-refractivity contribution in [1.82, 2.24) is 5.32 Å². The van der Waals surface area contributed by atoms with Gasteiger partial charge in [0.15, 0.2) is 0 Å². The molecule has 1 aliphatic carbocycles. The van der Waals surface area contributed by atoms with E-state index in [2.05, 4.69) is 57.5 Å². The first-order valence-electron chi connectivity index (χ1n) is 10.8. The summed E-state index contributed by atoms with van der Waals surface area (Å²) in [5.74, 6) is 1.20. The molecule has 1 aromatic rings. The fourth-order valence-electron chi connectivity index (χ4n) is 4.65. The molecule has 0 saturated heterocycles. The van der Waals surface area contributed by atoms with E-state index in [9.17, 15) is 0 Å². The normalized spacial score (nSPS) is 19.2. The van der Waals surface area contributed by atoms with Crippen molar-refractivity contribution >= 4 is 12.9 Å². The van der Waals surface area contributed by atoms with Crippen molar-refractivity contribution in [3.63, 3.8) is 0 Å². The van der Waals surface area contributed by atoms with Crippen LogP contribution in [0.5, 0.6) is 0 Å². The molecular formula is C25H35BN. The van der Waals surface area contributed by atoms with E-state index in [0.717, 1.165) is 43.6 Å².